The van der Waals surface area contributed by atoms with Crippen molar-refractivity contribution in [2.24, 2.45) is 0 Å². The molecule has 0 rings (SSSR count). The minimum Gasteiger partial charge on any atom is -0.282 e. The van der Waals surface area contributed by atoms with Crippen molar-refractivity contribution in [2.75, 3.05) is 46.0 Å². The molecule has 0 aliphatic rings. The van der Waals surface area contributed by atoms with E-state index >= 15 is 0 Å². The summed E-state index contributed by atoms with van der Waals surface area (Å²) in [4.78, 5) is 47.3. The first kappa shape index (κ1) is 33.1. The van der Waals surface area contributed by atoms with Crippen LogP contribution in [-0.4, -0.2) is 66.5 Å². The Balaban J connectivity index is 3.60. The molecule has 4 nitrogen and oxygen atoms in total. The maximum atomic E-state index is 12.0. The van der Waals surface area contributed by atoms with Crippen molar-refractivity contribution in [1.82, 2.24) is 0 Å². The number of carbonyl (C=O) groups excluding carboxylic acids is 4. The predicted octanol–water partition coefficient (Wildman–Crippen LogP) is 6.40. The van der Waals surface area contributed by atoms with E-state index in [0.717, 1.165) is 35.9 Å². The standard InChI is InChI=1S/C22H30O4S7/c1-5-19(23)30-15-13-28-17(3)21(25)32-11-7-9-27-10-8-12-33-22(26)18(4)29-14-16-31-20(24)6-2/h5-6H,1-4,7-16H2. The lowest BCUT2D eigenvalue weighted by atomic mass is 10.6. The number of hydrogen-bond donors (Lipinski definition) is 0. The molecule has 0 amide bonds. The van der Waals surface area contributed by atoms with E-state index < -0.39 is 0 Å². The molecule has 0 aromatic heterocycles. The second-order valence-electron chi connectivity index (χ2n) is 5.88. The van der Waals surface area contributed by atoms with Crippen molar-refractivity contribution < 1.29 is 19.2 Å². The molecule has 0 N–H and O–H groups in total. The molecular formula is C22H30O4S7. The second-order valence-corrected chi connectivity index (χ2v) is 13.8. The van der Waals surface area contributed by atoms with Gasteiger partial charge in [-0.3, -0.25) is 19.2 Å². The van der Waals surface area contributed by atoms with Crippen LogP contribution in [0.3, 0.4) is 0 Å². The lowest BCUT2D eigenvalue weighted by Crippen LogP contribution is -1.99. The van der Waals surface area contributed by atoms with E-state index in [-0.39, 0.29) is 20.5 Å². The van der Waals surface area contributed by atoms with E-state index in [4.69, 9.17) is 0 Å². The van der Waals surface area contributed by atoms with E-state index in [1.54, 1.807) is 0 Å². The Morgan fingerprint density at radius 1 is 0.515 bits per heavy atom. The van der Waals surface area contributed by atoms with Crippen LogP contribution in [0.15, 0.2) is 48.3 Å². The molecule has 0 aliphatic carbocycles. The summed E-state index contributed by atoms with van der Waals surface area (Å²) in [6, 6.07) is 0. The van der Waals surface area contributed by atoms with Crippen molar-refractivity contribution in [1.29, 1.82) is 0 Å². The summed E-state index contributed by atoms with van der Waals surface area (Å²) in [5.74, 6) is 6.09. The maximum absolute atomic E-state index is 12.0. The van der Waals surface area contributed by atoms with Crippen molar-refractivity contribution >= 4 is 103 Å². The van der Waals surface area contributed by atoms with Gasteiger partial charge in [0.15, 0.2) is 0 Å². The third kappa shape index (κ3) is 20.0. The van der Waals surface area contributed by atoms with Crippen molar-refractivity contribution in [2.45, 2.75) is 12.8 Å². The average Bonchev–Trinajstić information content (AvgIpc) is 2.82. The highest BCUT2D eigenvalue weighted by Gasteiger charge is 2.10. The summed E-state index contributed by atoms with van der Waals surface area (Å²) < 4.78 is 0. The molecule has 0 aromatic carbocycles. The Morgan fingerprint density at radius 3 is 1.24 bits per heavy atom. The Hall–Kier alpha value is 0.0900. The van der Waals surface area contributed by atoms with Crippen molar-refractivity contribution in [3.05, 3.63) is 48.3 Å². The van der Waals surface area contributed by atoms with E-state index in [2.05, 4.69) is 26.3 Å². The van der Waals surface area contributed by atoms with Crippen molar-refractivity contribution in [3.63, 3.8) is 0 Å². The number of thioether (sulfide) groups is 7. The molecule has 33 heavy (non-hydrogen) atoms. The number of carbonyl (C=O) groups is 4. The molecular weight excluding hydrogens is 553 g/mol. The lowest BCUT2D eigenvalue weighted by molar-refractivity contribution is -0.108. The molecule has 0 unspecified atom stereocenters. The fourth-order valence-corrected chi connectivity index (χ4v) is 7.71. The second kappa shape index (κ2) is 22.5. The van der Waals surface area contributed by atoms with Crippen LogP contribution in [0.2, 0.25) is 0 Å². The SMILES string of the molecule is C=CC(=O)SCCSC(=C)C(=O)SCCCSCCCSC(=O)C(=C)SCCSC(=O)C=C. The fraction of sp³-hybridized carbons (Fsp3) is 0.455. The van der Waals surface area contributed by atoms with Gasteiger partial charge in [-0.05, 0) is 36.5 Å². The summed E-state index contributed by atoms with van der Waals surface area (Å²) >= 11 is 9.58. The Bertz CT molecular complexity index is 649. The Labute approximate surface area is 227 Å². The van der Waals surface area contributed by atoms with Crippen LogP contribution in [0.25, 0.3) is 0 Å². The zero-order chi connectivity index (χ0) is 24.9. The minimum atomic E-state index is -0.0570. The molecule has 0 bridgehead atoms. The largest absolute Gasteiger partial charge is 0.282 e. The van der Waals surface area contributed by atoms with Gasteiger partial charge in [0.2, 0.25) is 20.5 Å². The molecule has 0 heterocycles. The smallest absolute Gasteiger partial charge is 0.225 e. The summed E-state index contributed by atoms with van der Waals surface area (Å²) in [6.45, 7) is 14.5. The molecule has 0 saturated heterocycles. The van der Waals surface area contributed by atoms with Gasteiger partial charge < -0.3 is 0 Å². The molecule has 184 valence electrons. The summed E-state index contributed by atoms with van der Waals surface area (Å²) in [5.41, 5.74) is 0. The highest BCUT2D eigenvalue weighted by Crippen LogP contribution is 2.24. The topological polar surface area (TPSA) is 68.3 Å². The molecule has 0 fully saturated rings. The van der Waals surface area contributed by atoms with Gasteiger partial charge in [0, 0.05) is 34.5 Å². The average molecular weight is 583 g/mol. The van der Waals surface area contributed by atoms with Gasteiger partial charge in [-0.1, -0.05) is 73.4 Å². The van der Waals surface area contributed by atoms with Crippen LogP contribution >= 0.6 is 82.3 Å². The lowest BCUT2D eigenvalue weighted by Gasteiger charge is -2.05. The van der Waals surface area contributed by atoms with E-state index in [1.165, 1.54) is 82.7 Å². The Morgan fingerprint density at radius 2 is 0.879 bits per heavy atom. The fourth-order valence-electron chi connectivity index (χ4n) is 1.76. The van der Waals surface area contributed by atoms with Gasteiger partial charge >= 0.3 is 0 Å². The third-order valence-electron chi connectivity index (χ3n) is 3.33. The van der Waals surface area contributed by atoms with Crippen molar-refractivity contribution in [3.8, 4) is 0 Å². The zero-order valence-corrected chi connectivity index (χ0v) is 24.3. The quantitative estimate of drug-likeness (QED) is 0.118. The molecule has 0 saturated carbocycles. The van der Waals surface area contributed by atoms with Gasteiger partial charge in [-0.2, -0.15) is 11.8 Å². The Kier molecular flexibility index (Phi) is 22.6. The van der Waals surface area contributed by atoms with Crippen LogP contribution in [0.1, 0.15) is 12.8 Å². The first-order valence-electron chi connectivity index (χ1n) is 9.95. The molecule has 0 aliphatic heterocycles. The van der Waals surface area contributed by atoms with Gasteiger partial charge in [-0.15, -0.1) is 23.5 Å². The summed E-state index contributed by atoms with van der Waals surface area (Å²) in [6.07, 6.45) is 4.46. The highest BCUT2D eigenvalue weighted by molar-refractivity contribution is 8.19. The van der Waals surface area contributed by atoms with Gasteiger partial charge in [0.05, 0.1) is 9.81 Å². The number of hydrogen-bond acceptors (Lipinski definition) is 11. The van der Waals surface area contributed by atoms with Crippen LogP contribution in [0.4, 0.5) is 0 Å². The predicted molar refractivity (Wildman–Crippen MR) is 160 cm³/mol. The zero-order valence-electron chi connectivity index (χ0n) is 18.5. The first-order valence-corrected chi connectivity index (χ1v) is 17.0. The molecule has 11 heteroatoms. The first-order chi connectivity index (χ1) is 15.8. The van der Waals surface area contributed by atoms with Crippen LogP contribution in [0, 0.1) is 0 Å². The molecule has 0 radical (unpaired) electrons. The minimum absolute atomic E-state index is 0.00366. The van der Waals surface area contributed by atoms with Crippen LogP contribution in [0.5, 0.6) is 0 Å². The van der Waals surface area contributed by atoms with Gasteiger partial charge in [-0.25, -0.2) is 0 Å². The maximum Gasteiger partial charge on any atom is 0.225 e. The van der Waals surface area contributed by atoms with E-state index in [1.807, 2.05) is 11.8 Å². The van der Waals surface area contributed by atoms with E-state index in [9.17, 15) is 19.2 Å². The molecule has 0 spiro atoms. The van der Waals surface area contributed by atoms with Crippen LogP contribution < -0.4 is 0 Å². The molecule has 0 aromatic rings. The summed E-state index contributed by atoms with van der Waals surface area (Å²) in [7, 11) is 0. The van der Waals surface area contributed by atoms with Crippen LogP contribution in [-0.2, 0) is 19.2 Å². The number of rotatable bonds is 20. The van der Waals surface area contributed by atoms with Gasteiger partial charge in [0.1, 0.15) is 0 Å². The normalized spacial score (nSPS) is 10.4. The monoisotopic (exact) mass is 582 g/mol. The highest BCUT2D eigenvalue weighted by atomic mass is 32.2. The summed E-state index contributed by atoms with van der Waals surface area (Å²) in [5, 5.41) is -0.107. The van der Waals surface area contributed by atoms with E-state index in [0.29, 0.717) is 32.8 Å². The molecule has 0 atom stereocenters. The van der Waals surface area contributed by atoms with Gasteiger partial charge in [0.25, 0.3) is 0 Å². The third-order valence-corrected chi connectivity index (χ3v) is 10.9.